The fourth-order valence-corrected chi connectivity index (χ4v) is 6.78. The summed E-state index contributed by atoms with van der Waals surface area (Å²) in [5.41, 5.74) is 1.53. The van der Waals surface area contributed by atoms with E-state index in [9.17, 15) is 13.2 Å². The number of hydrogen-bond acceptors (Lipinski definition) is 3. The minimum Gasteiger partial charge on any atom is -0.352 e. The molecule has 1 saturated carbocycles. The van der Waals surface area contributed by atoms with Gasteiger partial charge in [0, 0.05) is 23.1 Å². The lowest BCUT2D eigenvalue weighted by Crippen LogP contribution is -2.37. The molecule has 1 aromatic heterocycles. The van der Waals surface area contributed by atoms with E-state index in [2.05, 4.69) is 5.32 Å². The summed E-state index contributed by atoms with van der Waals surface area (Å²) < 4.78 is 28.4. The van der Waals surface area contributed by atoms with Crippen LogP contribution in [0.2, 0.25) is 0 Å². The van der Waals surface area contributed by atoms with E-state index in [1.54, 1.807) is 10.8 Å². The smallest absolute Gasteiger partial charge is 0.240 e. The van der Waals surface area contributed by atoms with Gasteiger partial charge in [-0.25, -0.2) is 8.42 Å². The van der Waals surface area contributed by atoms with Crippen LogP contribution in [0.1, 0.15) is 76.2 Å². The van der Waals surface area contributed by atoms with Gasteiger partial charge in [0.05, 0.1) is 10.6 Å². The van der Waals surface area contributed by atoms with Crippen LogP contribution < -0.4 is 5.32 Å². The first kappa shape index (κ1) is 25.5. The van der Waals surface area contributed by atoms with Crippen molar-refractivity contribution in [1.29, 1.82) is 0 Å². The lowest BCUT2D eigenvalue weighted by molar-refractivity contribution is -0.122. The third kappa shape index (κ3) is 7.20. The van der Waals surface area contributed by atoms with Gasteiger partial charge in [-0.15, -0.1) is 0 Å². The number of amides is 1. The van der Waals surface area contributed by atoms with Crippen LogP contribution in [0, 0.1) is 0 Å². The normalized spacial score (nSPS) is 16.9. The zero-order chi connectivity index (χ0) is 24.5. The van der Waals surface area contributed by atoms with E-state index in [1.807, 2.05) is 54.6 Å². The second-order valence-corrected chi connectivity index (χ2v) is 11.9. The van der Waals surface area contributed by atoms with Crippen molar-refractivity contribution in [1.82, 2.24) is 9.88 Å². The maximum absolute atomic E-state index is 13.3. The van der Waals surface area contributed by atoms with Crippen molar-refractivity contribution >= 4 is 26.6 Å². The number of nitrogens with zero attached hydrogens (tertiary/aromatic N) is 1. The Morgan fingerprint density at radius 2 is 1.37 bits per heavy atom. The minimum absolute atomic E-state index is 0.0464. The number of fused-ring (bicyclic) bond motifs is 1. The first-order valence-electron chi connectivity index (χ1n) is 13.2. The molecule has 0 aliphatic heterocycles. The van der Waals surface area contributed by atoms with E-state index >= 15 is 0 Å². The summed E-state index contributed by atoms with van der Waals surface area (Å²) >= 11 is 0. The van der Waals surface area contributed by atoms with Crippen LogP contribution in [0.5, 0.6) is 0 Å². The molecule has 4 rings (SSSR count). The molecule has 3 aromatic rings. The maximum Gasteiger partial charge on any atom is 0.240 e. The molecule has 1 aliphatic rings. The molecule has 0 unspecified atom stereocenters. The first-order chi connectivity index (χ1) is 17.0. The number of nitrogens with one attached hydrogen (secondary N) is 1. The molecule has 188 valence electrons. The molecule has 6 heteroatoms. The molecule has 35 heavy (non-hydrogen) atoms. The zero-order valence-corrected chi connectivity index (χ0v) is 21.4. The predicted molar refractivity (Wildman–Crippen MR) is 142 cm³/mol. The third-order valence-corrected chi connectivity index (χ3v) is 8.78. The summed E-state index contributed by atoms with van der Waals surface area (Å²) in [4.78, 5) is 13.4. The largest absolute Gasteiger partial charge is 0.352 e. The van der Waals surface area contributed by atoms with E-state index in [-0.39, 0.29) is 29.1 Å². The highest BCUT2D eigenvalue weighted by Crippen LogP contribution is 2.28. The fourth-order valence-electron chi connectivity index (χ4n) is 5.20. The number of rotatable bonds is 6. The second-order valence-electron chi connectivity index (χ2n) is 9.91. The number of carbonyl (C=O) groups is 1. The summed E-state index contributed by atoms with van der Waals surface area (Å²) in [5, 5.41) is 3.93. The van der Waals surface area contributed by atoms with E-state index in [0.29, 0.717) is 5.39 Å². The van der Waals surface area contributed by atoms with Gasteiger partial charge >= 0.3 is 0 Å². The highest BCUT2D eigenvalue weighted by atomic mass is 32.2. The quantitative estimate of drug-likeness (QED) is 0.431. The molecule has 0 bridgehead atoms. The number of sulfone groups is 1. The highest BCUT2D eigenvalue weighted by molar-refractivity contribution is 7.90. The maximum atomic E-state index is 13.3. The molecule has 1 heterocycles. The van der Waals surface area contributed by atoms with Crippen molar-refractivity contribution in [3.05, 3.63) is 66.4 Å². The predicted octanol–water partition coefficient (Wildman–Crippen LogP) is 6.40. The van der Waals surface area contributed by atoms with Crippen LogP contribution in [0.3, 0.4) is 0 Å². The van der Waals surface area contributed by atoms with Gasteiger partial charge in [-0.1, -0.05) is 106 Å². The number of benzene rings is 2. The van der Waals surface area contributed by atoms with Crippen molar-refractivity contribution in [2.75, 3.05) is 0 Å². The zero-order valence-electron chi connectivity index (χ0n) is 20.6. The molecular weight excluding hydrogens is 456 g/mol. The molecule has 0 atom stereocenters. The summed E-state index contributed by atoms with van der Waals surface area (Å²) in [5.74, 6) is -0.106. The van der Waals surface area contributed by atoms with E-state index < -0.39 is 9.84 Å². The van der Waals surface area contributed by atoms with Gasteiger partial charge in [0.2, 0.25) is 5.91 Å². The second kappa shape index (κ2) is 12.4. The third-order valence-electron chi connectivity index (χ3n) is 7.07. The average molecular weight is 495 g/mol. The Balaban J connectivity index is 1.48. The average Bonchev–Trinajstić information content (AvgIpc) is 3.20. The lowest BCUT2D eigenvalue weighted by atomic mass is 9.98. The molecule has 1 amide bonds. The van der Waals surface area contributed by atoms with E-state index in [1.165, 1.54) is 44.9 Å². The summed E-state index contributed by atoms with van der Waals surface area (Å²) in [6.45, 7) is 0.123. The molecule has 0 radical (unpaired) electrons. The molecular formula is C29H38N2O3S. The van der Waals surface area contributed by atoms with Gasteiger partial charge in [-0.2, -0.15) is 0 Å². The Morgan fingerprint density at radius 3 is 2.03 bits per heavy atom. The molecule has 1 N–H and O–H groups in total. The van der Waals surface area contributed by atoms with Crippen molar-refractivity contribution in [2.24, 2.45) is 0 Å². The number of hydrogen-bond donors (Lipinski definition) is 1. The van der Waals surface area contributed by atoms with Crippen LogP contribution in [0.4, 0.5) is 0 Å². The van der Waals surface area contributed by atoms with Crippen molar-refractivity contribution in [3.8, 4) is 0 Å². The molecule has 0 saturated heterocycles. The molecule has 0 spiro atoms. The summed E-state index contributed by atoms with van der Waals surface area (Å²) in [6.07, 6.45) is 15.0. The van der Waals surface area contributed by atoms with E-state index in [0.717, 1.165) is 36.8 Å². The number of aromatic nitrogens is 1. The van der Waals surface area contributed by atoms with E-state index in [4.69, 9.17) is 0 Å². The first-order valence-corrected chi connectivity index (χ1v) is 14.8. The Kier molecular flexibility index (Phi) is 9.02. The Morgan fingerprint density at radius 1 is 0.800 bits per heavy atom. The lowest BCUT2D eigenvalue weighted by Gasteiger charge is -2.20. The Bertz CT molecular complexity index is 1190. The SMILES string of the molecule is O=C(Cn1cc(S(=O)(=O)Cc2ccccc2)c2ccccc21)NC1CCCCCCCCCCC1. The van der Waals surface area contributed by atoms with Crippen LogP contribution in [-0.2, 0) is 26.9 Å². The van der Waals surface area contributed by atoms with Crippen LogP contribution in [0.25, 0.3) is 10.9 Å². The number of para-hydroxylation sites is 1. The highest BCUT2D eigenvalue weighted by Gasteiger charge is 2.23. The number of carbonyl (C=O) groups excluding carboxylic acids is 1. The van der Waals surface area contributed by atoms with Crippen molar-refractivity contribution in [2.45, 2.75) is 93.9 Å². The van der Waals surface area contributed by atoms with Gasteiger partial charge in [-0.3, -0.25) is 4.79 Å². The Labute approximate surface area is 209 Å². The van der Waals surface area contributed by atoms with Gasteiger partial charge in [0.25, 0.3) is 0 Å². The van der Waals surface area contributed by atoms with Crippen LogP contribution in [0.15, 0.2) is 65.7 Å². The minimum atomic E-state index is -3.56. The molecule has 1 fully saturated rings. The monoisotopic (exact) mass is 494 g/mol. The van der Waals surface area contributed by atoms with Crippen LogP contribution >= 0.6 is 0 Å². The van der Waals surface area contributed by atoms with Crippen molar-refractivity contribution < 1.29 is 13.2 Å². The molecule has 1 aliphatic carbocycles. The van der Waals surface area contributed by atoms with Gasteiger partial charge in [-0.05, 0) is 24.5 Å². The van der Waals surface area contributed by atoms with Gasteiger partial charge in [0.1, 0.15) is 6.54 Å². The van der Waals surface area contributed by atoms with Gasteiger partial charge < -0.3 is 9.88 Å². The topological polar surface area (TPSA) is 68.2 Å². The summed E-state index contributed by atoms with van der Waals surface area (Å²) in [6, 6.07) is 16.9. The standard InChI is InChI=1S/C29H38N2O3S/c32-29(30-25-17-11-6-4-2-1-3-5-7-12-18-25)22-31-21-28(26-19-13-14-20-27(26)31)35(33,34)23-24-15-9-8-10-16-24/h8-10,13-16,19-21,25H,1-7,11-12,17-18,22-23H2,(H,30,32). The summed E-state index contributed by atoms with van der Waals surface area (Å²) in [7, 11) is -3.56. The Hall–Kier alpha value is -2.60. The molecule has 5 nitrogen and oxygen atoms in total. The van der Waals surface area contributed by atoms with Crippen LogP contribution in [-0.4, -0.2) is 24.9 Å². The fraction of sp³-hybridized carbons (Fsp3) is 0.483. The molecule has 2 aromatic carbocycles. The van der Waals surface area contributed by atoms with Gasteiger partial charge in [0.15, 0.2) is 9.84 Å². The van der Waals surface area contributed by atoms with Crippen molar-refractivity contribution in [3.63, 3.8) is 0 Å².